The van der Waals surface area contributed by atoms with E-state index in [4.69, 9.17) is 0 Å². The summed E-state index contributed by atoms with van der Waals surface area (Å²) in [6, 6.07) is 11.8. The van der Waals surface area contributed by atoms with Gasteiger partial charge in [0.15, 0.2) is 11.5 Å². The first-order valence-electron chi connectivity index (χ1n) is 16.1. The van der Waals surface area contributed by atoms with E-state index in [0.717, 1.165) is 12.1 Å². The minimum atomic E-state index is -5.23. The van der Waals surface area contributed by atoms with Gasteiger partial charge in [-0.15, -0.1) is 20.5 Å². The van der Waals surface area contributed by atoms with E-state index in [1.807, 2.05) is 0 Å². The number of hydrogen-bond acceptors (Lipinski definition) is 19. The summed E-state index contributed by atoms with van der Waals surface area (Å²) in [7, 11) is -10.5. The van der Waals surface area contributed by atoms with Gasteiger partial charge in [0.05, 0.1) is 21.0 Å². The van der Waals surface area contributed by atoms with E-state index in [0.29, 0.717) is 24.3 Å². The van der Waals surface area contributed by atoms with E-state index in [2.05, 4.69) is 25.8 Å². The Morgan fingerprint density at radius 3 is 1.19 bits per heavy atom. The van der Waals surface area contributed by atoms with Crippen LogP contribution in [0.2, 0.25) is 0 Å². The number of rotatable bonds is 12. The number of aromatic hydroxyl groups is 4. The second-order valence-electron chi connectivity index (χ2n) is 12.3. The molecule has 0 spiro atoms. The zero-order valence-electron chi connectivity index (χ0n) is 30.2. The summed E-state index contributed by atoms with van der Waals surface area (Å²) in [5.41, 5.74) is -6.69. The van der Waals surface area contributed by atoms with Crippen molar-refractivity contribution in [2.45, 2.75) is 9.79 Å². The van der Waals surface area contributed by atoms with Gasteiger partial charge in [-0.05, 0) is 71.4 Å². The first kappa shape index (κ1) is 48.3. The topological polar surface area (TPSA) is 412 Å². The molecule has 29 heteroatoms. The number of anilines is 2. The molecule has 0 atom stereocenters. The Bertz CT molecular complexity index is 3040. The molecule has 0 unspecified atom stereocenters. The zero-order valence-corrected chi connectivity index (χ0v) is 33.7. The van der Waals surface area contributed by atoms with Gasteiger partial charge in [0.1, 0.15) is 32.5 Å². The van der Waals surface area contributed by atoms with Gasteiger partial charge in [0.25, 0.3) is 20.2 Å². The Morgan fingerprint density at radius 2 is 0.889 bits per heavy atom. The molecule has 0 saturated carbocycles. The molecule has 0 aliphatic heterocycles. The van der Waals surface area contributed by atoms with Gasteiger partial charge in [-0.25, -0.2) is 9.59 Å². The molecule has 0 amide bonds. The largest absolute Gasteiger partial charge is 0.505 e. The predicted octanol–water partition coefficient (Wildman–Crippen LogP) is 7.09. The normalized spacial score (nSPS) is 11.7. The molecule has 0 bridgehead atoms. The second-order valence-corrected chi connectivity index (χ2v) is 15.1. The van der Waals surface area contributed by atoms with Crippen LogP contribution in [0.25, 0.3) is 21.5 Å². The number of azo groups is 2. The molecular formula is C34H21Cu2N7O18S2. The number of carboxylic acids is 2. The maximum absolute atomic E-state index is 12.4. The van der Waals surface area contributed by atoms with Gasteiger partial charge in [-0.2, -0.15) is 16.8 Å². The minimum absolute atomic E-state index is 0. The third-order valence-electron chi connectivity index (χ3n) is 8.49. The molecule has 6 rings (SSSR count). The summed E-state index contributed by atoms with van der Waals surface area (Å²) >= 11 is 0. The third-order valence-corrected chi connectivity index (χ3v) is 10.2. The molecule has 0 aromatic heterocycles. The SMILES string of the molecule is O=C(O)c1cc(N=Nc2c(S(=O)(=O)O)cc3cc(Nc4ccc5c(O)c(N=Nc6cc(C(=O)O)cc([N+](=O)[O-])c6O)c(S(=O)(=O)O)cc5c4)ccc3c2O)c(O)c([N+](=O)[O-])c1.[Cu].[Cu]. The van der Waals surface area contributed by atoms with Crippen LogP contribution in [0, 0.1) is 20.2 Å². The Hall–Kier alpha value is -7.36. The molecule has 9 N–H and O–H groups in total. The average Bonchev–Trinajstić information content (AvgIpc) is 3.16. The number of nitrogens with zero attached hydrogens (tertiary/aromatic N) is 6. The number of carboxylic acid groups (broad SMARTS) is 2. The third kappa shape index (κ3) is 9.75. The van der Waals surface area contributed by atoms with E-state index in [-0.39, 0.29) is 67.1 Å². The fraction of sp³-hybridized carbons (Fsp3) is 0. The van der Waals surface area contributed by atoms with Gasteiger partial charge in [0, 0.05) is 68.4 Å². The number of carbonyl (C=O) groups is 2. The molecule has 0 fully saturated rings. The number of phenols is 4. The fourth-order valence-corrected chi connectivity index (χ4v) is 7.02. The van der Waals surface area contributed by atoms with E-state index >= 15 is 0 Å². The van der Waals surface area contributed by atoms with Crippen molar-refractivity contribution in [3.63, 3.8) is 0 Å². The summed E-state index contributed by atoms with van der Waals surface area (Å²) in [6.45, 7) is 0. The average molecular weight is 1010 g/mol. The van der Waals surface area contributed by atoms with Crippen molar-refractivity contribution in [2.24, 2.45) is 20.5 Å². The summed E-state index contributed by atoms with van der Waals surface area (Å²) in [6.07, 6.45) is 0. The number of fused-ring (bicyclic) bond motifs is 2. The summed E-state index contributed by atoms with van der Waals surface area (Å²) < 4.78 is 69.7. The fourth-order valence-electron chi connectivity index (χ4n) is 5.71. The van der Waals surface area contributed by atoms with Crippen LogP contribution in [0.15, 0.2) is 103 Å². The Kier molecular flexibility index (Phi) is 13.7. The first-order valence-corrected chi connectivity index (χ1v) is 19.0. The van der Waals surface area contributed by atoms with E-state index in [9.17, 15) is 86.4 Å². The molecule has 2 radical (unpaired) electrons. The van der Waals surface area contributed by atoms with Crippen LogP contribution in [0.4, 0.5) is 45.5 Å². The Balaban J connectivity index is 0.00000436. The second kappa shape index (κ2) is 17.9. The number of phenolic OH excluding ortho intramolecular Hbond substituents is 4. The van der Waals surface area contributed by atoms with Crippen molar-refractivity contribution in [1.29, 1.82) is 0 Å². The molecule has 0 saturated heterocycles. The van der Waals surface area contributed by atoms with Crippen molar-refractivity contribution < 1.29 is 110 Å². The van der Waals surface area contributed by atoms with Crippen LogP contribution in [0.1, 0.15) is 20.7 Å². The van der Waals surface area contributed by atoms with Gasteiger partial charge in [0.2, 0.25) is 11.5 Å². The van der Waals surface area contributed by atoms with Crippen molar-refractivity contribution in [2.75, 3.05) is 5.32 Å². The molecule has 6 aromatic rings. The van der Waals surface area contributed by atoms with Crippen LogP contribution in [0.5, 0.6) is 23.0 Å². The van der Waals surface area contributed by atoms with E-state index in [1.165, 1.54) is 36.4 Å². The standard InChI is InChI=1S/C34H21N7O18S2.2Cu/c42-29-19-3-1-17(5-13(19)11-25(60(54,55)56)27(29)38-36-21-7-15(33(46)47)9-23(31(21)44)40(50)51)35-18-2-4-20-14(6-18)12-26(61(57,58)59)28(30(20)43)39-37-22-8-16(34(48)49)10-24(32(22)45)41(52)53;;/h1-12,35,42-45H,(H,46,47)(H,48,49)(H,54,55,56)(H,57,58,59);;. The first-order chi connectivity index (χ1) is 28.5. The minimum Gasteiger partial charge on any atom is -0.505 e. The van der Waals surface area contributed by atoms with Crippen LogP contribution < -0.4 is 5.32 Å². The predicted molar refractivity (Wildman–Crippen MR) is 206 cm³/mol. The van der Waals surface area contributed by atoms with Crippen molar-refractivity contribution in [3.05, 3.63) is 104 Å². The molecule has 25 nitrogen and oxygen atoms in total. The molecular weight excluding hydrogens is 986 g/mol. The van der Waals surface area contributed by atoms with Gasteiger partial charge >= 0.3 is 23.3 Å². The number of nitro groups is 2. The molecule has 6 aromatic carbocycles. The zero-order chi connectivity index (χ0) is 44.9. The maximum atomic E-state index is 12.4. The van der Waals surface area contributed by atoms with Crippen molar-refractivity contribution in [3.8, 4) is 23.0 Å². The summed E-state index contributed by atoms with van der Waals surface area (Å²) in [5, 5.41) is 101. The van der Waals surface area contributed by atoms with E-state index in [1.54, 1.807) is 0 Å². The monoisotopic (exact) mass is 1000 g/mol. The molecule has 0 heterocycles. The van der Waals surface area contributed by atoms with Gasteiger partial charge in [-0.1, -0.05) is 0 Å². The van der Waals surface area contributed by atoms with Crippen LogP contribution in [-0.2, 0) is 54.4 Å². The van der Waals surface area contributed by atoms with E-state index < -0.39 is 120 Å². The van der Waals surface area contributed by atoms with Crippen LogP contribution in [-0.4, -0.2) is 78.4 Å². The summed E-state index contributed by atoms with van der Waals surface area (Å²) in [4.78, 5) is 41.3. The number of nitro benzene ring substituents is 2. The number of benzene rings is 6. The number of aromatic carboxylic acids is 2. The Labute approximate surface area is 370 Å². The van der Waals surface area contributed by atoms with Crippen LogP contribution in [0.3, 0.4) is 0 Å². The van der Waals surface area contributed by atoms with Gasteiger partial charge in [-0.3, -0.25) is 29.3 Å². The van der Waals surface area contributed by atoms with Crippen molar-refractivity contribution >= 4 is 99.2 Å². The molecule has 0 aliphatic rings. The van der Waals surface area contributed by atoms with Crippen molar-refractivity contribution in [1.82, 2.24) is 0 Å². The maximum Gasteiger partial charge on any atom is 0.336 e. The summed E-state index contributed by atoms with van der Waals surface area (Å²) in [5.74, 6) is -7.42. The van der Waals surface area contributed by atoms with Gasteiger partial charge < -0.3 is 36.0 Å². The molecule has 334 valence electrons. The van der Waals surface area contributed by atoms with Crippen LogP contribution >= 0.6 is 0 Å². The number of nitrogens with one attached hydrogen (secondary N) is 1. The molecule has 63 heavy (non-hydrogen) atoms. The smallest absolute Gasteiger partial charge is 0.336 e. The quantitative estimate of drug-likeness (QED) is 0.0194. The Morgan fingerprint density at radius 1 is 0.540 bits per heavy atom. The molecule has 0 aliphatic carbocycles. The number of hydrogen-bond donors (Lipinski definition) is 9.